The second-order valence-electron chi connectivity index (χ2n) is 3.06. The summed E-state index contributed by atoms with van der Waals surface area (Å²) in [5, 5.41) is 2.77. The van der Waals surface area contributed by atoms with Gasteiger partial charge in [-0.2, -0.15) is 13.2 Å². The van der Waals surface area contributed by atoms with Crippen LogP contribution >= 0.6 is 0 Å². The lowest BCUT2D eigenvalue weighted by atomic mass is 10.3. The molecule has 0 radical (unpaired) electrons. The maximum Gasteiger partial charge on any atom is 0.389 e. The van der Waals surface area contributed by atoms with Crippen LogP contribution in [0.25, 0.3) is 0 Å². The highest BCUT2D eigenvalue weighted by atomic mass is 19.4. The van der Waals surface area contributed by atoms with Crippen LogP contribution in [0.15, 0.2) is 6.20 Å². The SMILES string of the molecule is Cc1cnc(NCCCC(F)(F)F)[nH]1. The summed E-state index contributed by atoms with van der Waals surface area (Å²) in [5.41, 5.74) is 0.878. The highest BCUT2D eigenvalue weighted by Gasteiger charge is 2.25. The van der Waals surface area contributed by atoms with Gasteiger partial charge in [-0.1, -0.05) is 0 Å². The standard InChI is InChI=1S/C8H12F3N3/c1-6-5-13-7(14-6)12-4-2-3-8(9,10)11/h5H,2-4H2,1H3,(H2,12,13,14). The van der Waals surface area contributed by atoms with Crippen LogP contribution in [0.3, 0.4) is 0 Å². The molecule has 0 aliphatic carbocycles. The molecule has 0 atom stereocenters. The van der Waals surface area contributed by atoms with E-state index in [1.165, 1.54) is 0 Å². The Bertz CT molecular complexity index is 280. The highest BCUT2D eigenvalue weighted by Crippen LogP contribution is 2.20. The number of aromatic amines is 1. The Labute approximate surface area is 79.7 Å². The lowest BCUT2D eigenvalue weighted by Crippen LogP contribution is -2.11. The Morgan fingerprint density at radius 2 is 2.21 bits per heavy atom. The molecule has 1 aromatic heterocycles. The maximum absolute atomic E-state index is 11.7. The summed E-state index contributed by atoms with van der Waals surface area (Å²) in [7, 11) is 0. The molecule has 80 valence electrons. The molecule has 0 saturated carbocycles. The fraction of sp³-hybridized carbons (Fsp3) is 0.625. The number of rotatable bonds is 4. The van der Waals surface area contributed by atoms with Crippen LogP contribution in [0.4, 0.5) is 19.1 Å². The minimum Gasteiger partial charge on any atom is -0.356 e. The highest BCUT2D eigenvalue weighted by molar-refractivity contribution is 5.25. The zero-order chi connectivity index (χ0) is 10.6. The molecule has 0 aliphatic rings. The molecule has 0 saturated heterocycles. The van der Waals surface area contributed by atoms with Gasteiger partial charge in [0, 0.05) is 24.9 Å². The zero-order valence-electron chi connectivity index (χ0n) is 7.78. The minimum absolute atomic E-state index is 0.0588. The fourth-order valence-electron chi connectivity index (χ4n) is 0.998. The van der Waals surface area contributed by atoms with E-state index in [-0.39, 0.29) is 13.0 Å². The molecule has 0 aromatic carbocycles. The van der Waals surface area contributed by atoms with Gasteiger partial charge < -0.3 is 10.3 Å². The van der Waals surface area contributed by atoms with E-state index < -0.39 is 12.6 Å². The van der Waals surface area contributed by atoms with Gasteiger partial charge in [0.15, 0.2) is 5.95 Å². The Balaban J connectivity index is 2.16. The molecule has 14 heavy (non-hydrogen) atoms. The van der Waals surface area contributed by atoms with E-state index in [1.54, 1.807) is 6.20 Å². The summed E-state index contributed by atoms with van der Waals surface area (Å²) in [6.45, 7) is 2.10. The molecule has 2 N–H and O–H groups in total. The van der Waals surface area contributed by atoms with Crippen LogP contribution in [0.5, 0.6) is 0 Å². The molecule has 1 aromatic rings. The first-order chi connectivity index (χ1) is 6.47. The van der Waals surface area contributed by atoms with Gasteiger partial charge in [-0.3, -0.25) is 0 Å². The smallest absolute Gasteiger partial charge is 0.356 e. The minimum atomic E-state index is -4.07. The third-order valence-electron chi connectivity index (χ3n) is 1.63. The fourth-order valence-corrected chi connectivity index (χ4v) is 0.998. The van der Waals surface area contributed by atoms with E-state index in [9.17, 15) is 13.2 Å². The van der Waals surface area contributed by atoms with Crippen molar-refractivity contribution in [2.75, 3.05) is 11.9 Å². The first kappa shape index (κ1) is 10.9. The molecule has 0 aliphatic heterocycles. The topological polar surface area (TPSA) is 40.7 Å². The Morgan fingerprint density at radius 1 is 1.50 bits per heavy atom. The number of hydrogen-bond acceptors (Lipinski definition) is 2. The summed E-state index contributed by atoms with van der Waals surface area (Å²) in [5.74, 6) is 0.518. The van der Waals surface area contributed by atoms with E-state index in [1.807, 2.05) is 6.92 Å². The van der Waals surface area contributed by atoms with Crippen molar-refractivity contribution in [3.63, 3.8) is 0 Å². The number of nitrogens with zero attached hydrogens (tertiary/aromatic N) is 1. The van der Waals surface area contributed by atoms with Crippen LogP contribution in [-0.2, 0) is 0 Å². The molecular weight excluding hydrogens is 195 g/mol. The number of H-pyrrole nitrogens is 1. The first-order valence-electron chi connectivity index (χ1n) is 4.29. The number of anilines is 1. The molecule has 0 spiro atoms. The van der Waals surface area contributed by atoms with Crippen LogP contribution in [-0.4, -0.2) is 22.7 Å². The number of nitrogens with one attached hydrogen (secondary N) is 2. The van der Waals surface area contributed by atoms with Gasteiger partial charge >= 0.3 is 6.18 Å². The van der Waals surface area contributed by atoms with Crippen molar-refractivity contribution >= 4 is 5.95 Å². The van der Waals surface area contributed by atoms with Crippen molar-refractivity contribution < 1.29 is 13.2 Å². The summed E-state index contributed by atoms with van der Waals surface area (Å²) in [6.07, 6.45) is -3.16. The number of imidazole rings is 1. The second kappa shape index (κ2) is 4.34. The van der Waals surface area contributed by atoms with Crippen LogP contribution in [0.1, 0.15) is 18.5 Å². The number of aryl methyl sites for hydroxylation is 1. The third kappa shape index (κ3) is 4.15. The van der Waals surface area contributed by atoms with Crippen molar-refractivity contribution in [2.45, 2.75) is 25.9 Å². The van der Waals surface area contributed by atoms with Gasteiger partial charge in [-0.05, 0) is 13.3 Å². The van der Waals surface area contributed by atoms with Crippen molar-refractivity contribution in [1.82, 2.24) is 9.97 Å². The molecule has 0 bridgehead atoms. The quantitative estimate of drug-likeness (QED) is 0.744. The number of halogens is 3. The third-order valence-corrected chi connectivity index (χ3v) is 1.63. The average Bonchev–Trinajstić information content (AvgIpc) is 2.44. The van der Waals surface area contributed by atoms with Crippen molar-refractivity contribution in [2.24, 2.45) is 0 Å². The molecule has 0 amide bonds. The molecule has 0 unspecified atom stereocenters. The van der Waals surface area contributed by atoms with Crippen LogP contribution < -0.4 is 5.32 Å². The Kier molecular flexibility index (Phi) is 3.38. The van der Waals surface area contributed by atoms with Crippen LogP contribution in [0, 0.1) is 6.92 Å². The van der Waals surface area contributed by atoms with Gasteiger partial charge in [0.1, 0.15) is 0 Å². The summed E-state index contributed by atoms with van der Waals surface area (Å²) in [6, 6.07) is 0. The predicted octanol–water partition coefficient (Wildman–Crippen LogP) is 2.47. The molecule has 1 heterocycles. The maximum atomic E-state index is 11.7. The molecule has 1 rings (SSSR count). The normalized spacial score (nSPS) is 11.7. The van der Waals surface area contributed by atoms with Crippen molar-refractivity contribution in [3.8, 4) is 0 Å². The van der Waals surface area contributed by atoms with Gasteiger partial charge in [-0.15, -0.1) is 0 Å². The average molecular weight is 207 g/mol. The van der Waals surface area contributed by atoms with E-state index >= 15 is 0 Å². The molecule has 6 heteroatoms. The van der Waals surface area contributed by atoms with Gasteiger partial charge in [-0.25, -0.2) is 4.98 Å². The van der Waals surface area contributed by atoms with Gasteiger partial charge in [0.2, 0.25) is 0 Å². The van der Waals surface area contributed by atoms with Crippen molar-refractivity contribution in [1.29, 1.82) is 0 Å². The summed E-state index contributed by atoms with van der Waals surface area (Å²) < 4.78 is 35.2. The van der Waals surface area contributed by atoms with E-state index in [0.717, 1.165) is 5.69 Å². The number of aromatic nitrogens is 2. The first-order valence-corrected chi connectivity index (χ1v) is 4.29. The lowest BCUT2D eigenvalue weighted by Gasteiger charge is -2.06. The molecule has 3 nitrogen and oxygen atoms in total. The molecule has 0 fully saturated rings. The summed E-state index contributed by atoms with van der Waals surface area (Å²) >= 11 is 0. The van der Waals surface area contributed by atoms with E-state index in [0.29, 0.717) is 5.95 Å². The van der Waals surface area contributed by atoms with E-state index in [2.05, 4.69) is 15.3 Å². The second-order valence-corrected chi connectivity index (χ2v) is 3.06. The largest absolute Gasteiger partial charge is 0.389 e. The number of alkyl halides is 3. The monoisotopic (exact) mass is 207 g/mol. The Hall–Kier alpha value is -1.20. The predicted molar refractivity (Wildman–Crippen MR) is 47.1 cm³/mol. The van der Waals surface area contributed by atoms with Gasteiger partial charge in [0.05, 0.1) is 0 Å². The molecular formula is C8H12F3N3. The summed E-state index contributed by atoms with van der Waals surface area (Å²) in [4.78, 5) is 6.77. The zero-order valence-corrected chi connectivity index (χ0v) is 7.78. The lowest BCUT2D eigenvalue weighted by molar-refractivity contribution is -0.134. The van der Waals surface area contributed by atoms with E-state index in [4.69, 9.17) is 0 Å². The number of hydrogen-bond donors (Lipinski definition) is 2. The van der Waals surface area contributed by atoms with Gasteiger partial charge in [0.25, 0.3) is 0 Å². The Morgan fingerprint density at radius 3 is 2.71 bits per heavy atom. The van der Waals surface area contributed by atoms with Crippen molar-refractivity contribution in [3.05, 3.63) is 11.9 Å². The van der Waals surface area contributed by atoms with Crippen LogP contribution in [0.2, 0.25) is 0 Å².